The first-order chi connectivity index (χ1) is 8.72. The first-order valence-corrected chi connectivity index (χ1v) is 6.51. The van der Waals surface area contributed by atoms with Gasteiger partial charge in [0.05, 0.1) is 5.56 Å². The van der Waals surface area contributed by atoms with Crippen molar-refractivity contribution in [2.75, 3.05) is 11.9 Å². The molecular formula is C14H20N2O2. The summed E-state index contributed by atoms with van der Waals surface area (Å²) in [5, 5.41) is 12.5. The van der Waals surface area contributed by atoms with Crippen molar-refractivity contribution in [2.45, 2.75) is 31.7 Å². The van der Waals surface area contributed by atoms with Crippen LogP contribution >= 0.6 is 0 Å². The summed E-state index contributed by atoms with van der Waals surface area (Å²) < 4.78 is 0. The van der Waals surface area contributed by atoms with E-state index in [1.165, 1.54) is 12.8 Å². The molecule has 1 aromatic rings. The van der Waals surface area contributed by atoms with Crippen LogP contribution in [0.25, 0.3) is 0 Å². The van der Waals surface area contributed by atoms with Crippen molar-refractivity contribution < 1.29 is 9.90 Å². The van der Waals surface area contributed by atoms with E-state index in [1.54, 1.807) is 12.1 Å². The number of anilines is 1. The molecule has 4 heteroatoms. The van der Waals surface area contributed by atoms with Crippen molar-refractivity contribution in [1.29, 1.82) is 0 Å². The Morgan fingerprint density at radius 2 is 2.06 bits per heavy atom. The summed E-state index contributed by atoms with van der Waals surface area (Å²) in [6.45, 7) is 0.660. The monoisotopic (exact) mass is 248 g/mol. The largest absolute Gasteiger partial charge is 0.478 e. The van der Waals surface area contributed by atoms with Crippen LogP contribution in [0.5, 0.6) is 0 Å². The van der Waals surface area contributed by atoms with Crippen molar-refractivity contribution in [3.05, 3.63) is 29.8 Å². The van der Waals surface area contributed by atoms with E-state index in [0.717, 1.165) is 12.8 Å². The van der Waals surface area contributed by atoms with Gasteiger partial charge in [-0.15, -0.1) is 0 Å². The number of benzene rings is 1. The smallest absolute Gasteiger partial charge is 0.337 e. The molecule has 0 radical (unpaired) electrons. The number of carboxylic acid groups (broad SMARTS) is 1. The molecular weight excluding hydrogens is 228 g/mol. The molecule has 98 valence electrons. The van der Waals surface area contributed by atoms with Crippen molar-refractivity contribution in [3.8, 4) is 0 Å². The van der Waals surface area contributed by atoms with Gasteiger partial charge in [-0.2, -0.15) is 0 Å². The zero-order chi connectivity index (χ0) is 13.0. The third-order valence-corrected chi connectivity index (χ3v) is 3.71. The Hall–Kier alpha value is -1.55. The Morgan fingerprint density at radius 3 is 2.78 bits per heavy atom. The highest BCUT2D eigenvalue weighted by Gasteiger charge is 2.24. The quantitative estimate of drug-likeness (QED) is 0.764. The van der Waals surface area contributed by atoms with E-state index in [9.17, 15) is 4.79 Å². The molecule has 1 fully saturated rings. The zero-order valence-electron chi connectivity index (χ0n) is 10.4. The van der Waals surface area contributed by atoms with Crippen molar-refractivity contribution in [3.63, 3.8) is 0 Å². The minimum atomic E-state index is -0.891. The van der Waals surface area contributed by atoms with E-state index in [1.807, 2.05) is 12.1 Å². The fraction of sp³-hybridized carbons (Fsp3) is 0.500. The Labute approximate surface area is 107 Å². The topological polar surface area (TPSA) is 75.3 Å². The van der Waals surface area contributed by atoms with E-state index in [2.05, 4.69) is 5.32 Å². The van der Waals surface area contributed by atoms with Crippen molar-refractivity contribution >= 4 is 11.7 Å². The summed E-state index contributed by atoms with van der Waals surface area (Å²) in [6, 6.07) is 7.35. The van der Waals surface area contributed by atoms with Crippen LogP contribution in [0.2, 0.25) is 0 Å². The molecule has 2 rings (SSSR count). The van der Waals surface area contributed by atoms with Gasteiger partial charge in [-0.05, 0) is 37.4 Å². The summed E-state index contributed by atoms with van der Waals surface area (Å²) >= 11 is 0. The Bertz CT molecular complexity index is 420. The van der Waals surface area contributed by atoms with Gasteiger partial charge in [0.15, 0.2) is 0 Å². The molecule has 2 unspecified atom stereocenters. The minimum absolute atomic E-state index is 0.296. The summed E-state index contributed by atoms with van der Waals surface area (Å²) in [6.07, 6.45) is 4.60. The summed E-state index contributed by atoms with van der Waals surface area (Å²) in [5.41, 5.74) is 6.83. The highest BCUT2D eigenvalue weighted by molar-refractivity contribution is 5.94. The van der Waals surface area contributed by atoms with E-state index >= 15 is 0 Å². The highest BCUT2D eigenvalue weighted by atomic mass is 16.4. The highest BCUT2D eigenvalue weighted by Crippen LogP contribution is 2.27. The number of carbonyl (C=O) groups is 1. The fourth-order valence-electron chi connectivity index (χ4n) is 2.68. The lowest BCUT2D eigenvalue weighted by Gasteiger charge is -2.32. The van der Waals surface area contributed by atoms with Crippen LogP contribution in [-0.2, 0) is 0 Å². The number of aromatic carboxylic acids is 1. The third kappa shape index (κ3) is 2.82. The fourth-order valence-corrected chi connectivity index (χ4v) is 2.68. The van der Waals surface area contributed by atoms with Crippen LogP contribution in [0.4, 0.5) is 5.69 Å². The number of nitrogens with one attached hydrogen (secondary N) is 1. The number of nitrogens with two attached hydrogens (primary N) is 1. The van der Waals surface area contributed by atoms with Gasteiger partial charge in [0, 0.05) is 11.7 Å². The number of carboxylic acids is 1. The van der Waals surface area contributed by atoms with E-state index < -0.39 is 5.97 Å². The Balaban J connectivity index is 2.15. The molecule has 0 heterocycles. The molecule has 1 saturated carbocycles. The van der Waals surface area contributed by atoms with Gasteiger partial charge in [-0.3, -0.25) is 0 Å². The van der Waals surface area contributed by atoms with Crippen LogP contribution in [-0.4, -0.2) is 23.7 Å². The average molecular weight is 248 g/mol. The molecule has 1 aliphatic rings. The van der Waals surface area contributed by atoms with Gasteiger partial charge in [-0.1, -0.05) is 25.0 Å². The molecule has 1 aliphatic carbocycles. The number of hydrogen-bond acceptors (Lipinski definition) is 3. The second-order valence-electron chi connectivity index (χ2n) is 4.88. The maximum absolute atomic E-state index is 11.1. The van der Waals surface area contributed by atoms with Gasteiger partial charge >= 0.3 is 5.97 Å². The minimum Gasteiger partial charge on any atom is -0.478 e. The molecule has 0 saturated heterocycles. The van der Waals surface area contributed by atoms with Crippen LogP contribution in [0, 0.1) is 5.92 Å². The zero-order valence-corrected chi connectivity index (χ0v) is 10.4. The third-order valence-electron chi connectivity index (χ3n) is 3.71. The molecule has 0 aromatic heterocycles. The van der Waals surface area contributed by atoms with Crippen LogP contribution in [0.3, 0.4) is 0 Å². The summed E-state index contributed by atoms with van der Waals surface area (Å²) in [4.78, 5) is 11.1. The first kappa shape index (κ1) is 12.9. The van der Waals surface area contributed by atoms with E-state index in [0.29, 0.717) is 29.8 Å². The number of hydrogen-bond donors (Lipinski definition) is 3. The predicted molar refractivity (Wildman–Crippen MR) is 71.8 cm³/mol. The van der Waals surface area contributed by atoms with Gasteiger partial charge in [0.25, 0.3) is 0 Å². The van der Waals surface area contributed by atoms with E-state index in [-0.39, 0.29) is 0 Å². The van der Waals surface area contributed by atoms with E-state index in [4.69, 9.17) is 10.8 Å². The van der Waals surface area contributed by atoms with Gasteiger partial charge in [0.2, 0.25) is 0 Å². The molecule has 0 spiro atoms. The van der Waals surface area contributed by atoms with Crippen LogP contribution in [0.15, 0.2) is 24.3 Å². The lowest BCUT2D eigenvalue weighted by molar-refractivity contribution is 0.0698. The molecule has 0 aliphatic heterocycles. The predicted octanol–water partition coefficient (Wildman–Crippen LogP) is 2.31. The van der Waals surface area contributed by atoms with Crippen LogP contribution in [0.1, 0.15) is 36.0 Å². The number of rotatable bonds is 4. The summed E-state index contributed by atoms with van der Waals surface area (Å²) in [7, 11) is 0. The standard InChI is InChI=1S/C14H20N2O2/c15-9-10-5-1-3-7-12(10)16-13-8-4-2-6-11(13)14(17)18/h2,4,6,8,10,12,16H,1,3,5,7,9,15H2,(H,17,18). The van der Waals surface area contributed by atoms with Crippen molar-refractivity contribution in [1.82, 2.24) is 0 Å². The number of para-hydroxylation sites is 1. The van der Waals surface area contributed by atoms with Crippen molar-refractivity contribution in [2.24, 2.45) is 11.7 Å². The molecule has 0 bridgehead atoms. The lowest BCUT2D eigenvalue weighted by Crippen LogP contribution is -2.37. The second kappa shape index (κ2) is 5.87. The molecule has 1 aromatic carbocycles. The van der Waals surface area contributed by atoms with Gasteiger partial charge < -0.3 is 16.2 Å². The maximum Gasteiger partial charge on any atom is 0.337 e. The molecule has 4 nitrogen and oxygen atoms in total. The van der Waals surface area contributed by atoms with Gasteiger partial charge in [-0.25, -0.2) is 4.79 Å². The molecule has 4 N–H and O–H groups in total. The first-order valence-electron chi connectivity index (χ1n) is 6.51. The lowest BCUT2D eigenvalue weighted by atomic mass is 9.84. The molecule has 2 atom stereocenters. The second-order valence-corrected chi connectivity index (χ2v) is 4.88. The Kier molecular flexibility index (Phi) is 4.20. The maximum atomic E-state index is 11.1. The normalized spacial score (nSPS) is 23.6. The Morgan fingerprint density at radius 1 is 1.33 bits per heavy atom. The molecule has 18 heavy (non-hydrogen) atoms. The van der Waals surface area contributed by atoms with Crippen LogP contribution < -0.4 is 11.1 Å². The summed E-state index contributed by atoms with van der Waals surface area (Å²) in [5.74, 6) is -0.446. The van der Waals surface area contributed by atoms with Gasteiger partial charge in [0.1, 0.15) is 0 Å². The molecule has 0 amide bonds. The average Bonchev–Trinajstić information content (AvgIpc) is 2.40. The SMILES string of the molecule is NCC1CCCCC1Nc1ccccc1C(=O)O.